The first-order valence-corrected chi connectivity index (χ1v) is 6.89. The zero-order chi connectivity index (χ0) is 13.9. The Morgan fingerprint density at radius 2 is 2.20 bits per heavy atom. The van der Waals surface area contributed by atoms with Crippen LogP contribution < -0.4 is 14.8 Å². The minimum Gasteiger partial charge on any atom is -0.454 e. The molecule has 2 heterocycles. The van der Waals surface area contributed by atoms with Crippen LogP contribution in [0.5, 0.6) is 11.5 Å². The van der Waals surface area contributed by atoms with Crippen molar-refractivity contribution in [3.63, 3.8) is 0 Å². The van der Waals surface area contributed by atoms with E-state index in [1.807, 2.05) is 24.3 Å². The number of ether oxygens (including phenoxy) is 2. The summed E-state index contributed by atoms with van der Waals surface area (Å²) in [5, 5.41) is 3.31. The molecule has 0 bridgehead atoms. The highest BCUT2D eigenvalue weighted by atomic mass is 16.7. The van der Waals surface area contributed by atoms with Gasteiger partial charge in [-0.25, -0.2) is 0 Å². The molecule has 0 amide bonds. The Bertz CT molecular complexity index is 554. The Morgan fingerprint density at radius 3 is 2.95 bits per heavy atom. The average molecular weight is 273 g/mol. The van der Waals surface area contributed by atoms with Crippen LogP contribution in [0.1, 0.15) is 25.5 Å². The molecule has 0 aliphatic carbocycles. The van der Waals surface area contributed by atoms with E-state index in [-0.39, 0.29) is 6.04 Å². The van der Waals surface area contributed by atoms with Crippen molar-refractivity contribution < 1.29 is 9.47 Å². The minimum absolute atomic E-state index is 0.0739. The van der Waals surface area contributed by atoms with Gasteiger partial charge in [0, 0.05) is 12.7 Å². The third-order valence-corrected chi connectivity index (χ3v) is 3.52. The van der Waals surface area contributed by atoms with Gasteiger partial charge in [0.15, 0.2) is 11.5 Å². The Kier molecular flexibility index (Phi) is 3.50. The molecule has 5 nitrogen and oxygen atoms in total. The molecule has 0 saturated heterocycles. The largest absolute Gasteiger partial charge is 0.454 e. The lowest BCUT2D eigenvalue weighted by molar-refractivity contribution is 0.174. The molecular formula is C15H19N3O2. The molecular weight excluding hydrogens is 254 g/mol. The number of aliphatic imine (C=N–C) groups is 1. The quantitative estimate of drug-likeness (QED) is 0.917. The standard InChI is InChI=1S/C15H19N3O2/c1-3-18-7-6-15(16-9-18)17-11(2)12-4-5-13-14(8-12)20-10-19-13/h4-8,11H,3,9-10H2,1-2H3,(H,16,17)/t11-/m0/s1. The normalized spacial score (nSPS) is 20.1. The predicted molar refractivity (Wildman–Crippen MR) is 77.9 cm³/mol. The second kappa shape index (κ2) is 5.45. The number of nitrogens with zero attached hydrogens (tertiary/aromatic N) is 2. The van der Waals surface area contributed by atoms with Gasteiger partial charge in [0.1, 0.15) is 5.84 Å². The van der Waals surface area contributed by atoms with Gasteiger partial charge in [0.25, 0.3) is 0 Å². The highest BCUT2D eigenvalue weighted by Crippen LogP contribution is 2.34. The van der Waals surface area contributed by atoms with Crippen LogP contribution in [-0.2, 0) is 0 Å². The number of nitrogens with one attached hydrogen (secondary N) is 1. The fourth-order valence-corrected chi connectivity index (χ4v) is 2.23. The maximum atomic E-state index is 5.40. The Hall–Kier alpha value is -2.17. The van der Waals surface area contributed by atoms with E-state index in [0.717, 1.165) is 36.1 Å². The first kappa shape index (κ1) is 12.8. The summed E-state index contributed by atoms with van der Waals surface area (Å²) in [6.45, 7) is 6.31. The van der Waals surface area contributed by atoms with Crippen molar-refractivity contribution in [3.8, 4) is 11.5 Å². The molecule has 5 heteroatoms. The molecule has 106 valence electrons. The lowest BCUT2D eigenvalue weighted by atomic mass is 10.1. The van der Waals surface area contributed by atoms with E-state index in [0.29, 0.717) is 6.79 Å². The number of hydrogen-bond donors (Lipinski definition) is 1. The Morgan fingerprint density at radius 1 is 1.35 bits per heavy atom. The second-order valence-electron chi connectivity index (χ2n) is 4.86. The van der Waals surface area contributed by atoms with E-state index in [4.69, 9.17) is 14.5 Å². The van der Waals surface area contributed by atoms with Crippen molar-refractivity contribution in [2.45, 2.75) is 19.9 Å². The van der Waals surface area contributed by atoms with Crippen LogP contribution >= 0.6 is 0 Å². The van der Waals surface area contributed by atoms with Gasteiger partial charge in [0.05, 0.1) is 12.7 Å². The summed E-state index contributed by atoms with van der Waals surface area (Å²) in [4.78, 5) is 6.88. The topological polar surface area (TPSA) is 46.1 Å². The second-order valence-corrected chi connectivity index (χ2v) is 4.86. The van der Waals surface area contributed by atoms with E-state index < -0.39 is 0 Å². The molecule has 1 aromatic rings. The molecule has 0 fully saturated rings. The fourth-order valence-electron chi connectivity index (χ4n) is 2.23. The van der Waals surface area contributed by atoms with Crippen molar-refractivity contribution in [2.75, 3.05) is 20.0 Å². The third kappa shape index (κ3) is 2.57. The molecule has 1 N–H and O–H groups in total. The van der Waals surface area contributed by atoms with Crippen LogP contribution in [0.15, 0.2) is 35.5 Å². The maximum Gasteiger partial charge on any atom is 0.231 e. The highest BCUT2D eigenvalue weighted by Gasteiger charge is 2.16. The predicted octanol–water partition coefficient (Wildman–Crippen LogP) is 2.27. The lowest BCUT2D eigenvalue weighted by Crippen LogP contribution is -2.38. The van der Waals surface area contributed by atoms with Crippen molar-refractivity contribution in [3.05, 3.63) is 36.0 Å². The number of amidine groups is 1. The van der Waals surface area contributed by atoms with Gasteiger partial charge in [-0.15, -0.1) is 0 Å². The Balaban J connectivity index is 1.75. The van der Waals surface area contributed by atoms with E-state index in [1.54, 1.807) is 0 Å². The van der Waals surface area contributed by atoms with Crippen LogP contribution in [0.25, 0.3) is 0 Å². The van der Waals surface area contributed by atoms with Crippen molar-refractivity contribution >= 4 is 5.84 Å². The molecule has 1 atom stereocenters. The van der Waals surface area contributed by atoms with Crippen molar-refractivity contribution in [2.24, 2.45) is 4.99 Å². The van der Waals surface area contributed by atoms with Gasteiger partial charge in [-0.1, -0.05) is 6.07 Å². The molecule has 2 aliphatic rings. The van der Waals surface area contributed by atoms with E-state index >= 15 is 0 Å². The summed E-state index contributed by atoms with van der Waals surface area (Å²) in [6, 6.07) is 6.05. The van der Waals surface area contributed by atoms with E-state index in [1.165, 1.54) is 0 Å². The van der Waals surface area contributed by atoms with Gasteiger partial charge in [-0.05, 0) is 37.6 Å². The summed E-state index contributed by atoms with van der Waals surface area (Å²) in [5.74, 6) is 2.53. The van der Waals surface area contributed by atoms with E-state index in [9.17, 15) is 0 Å². The molecule has 0 saturated carbocycles. The van der Waals surface area contributed by atoms with Gasteiger partial charge >= 0.3 is 0 Å². The maximum absolute atomic E-state index is 5.40. The SMILES string of the molecule is CCN1C=CC(=N[C@@H](C)c2ccc3c(c2)OCO3)NC1. The van der Waals surface area contributed by atoms with E-state index in [2.05, 4.69) is 30.3 Å². The number of fused-ring (bicyclic) bond motifs is 1. The fraction of sp³-hybridized carbons (Fsp3) is 0.400. The number of rotatable bonds is 3. The van der Waals surface area contributed by atoms with Crippen LogP contribution in [0.2, 0.25) is 0 Å². The Labute approximate surface area is 118 Å². The minimum atomic E-state index is 0.0739. The monoisotopic (exact) mass is 273 g/mol. The number of hydrogen-bond acceptors (Lipinski definition) is 4. The molecule has 3 rings (SSSR count). The van der Waals surface area contributed by atoms with Gasteiger partial charge < -0.3 is 19.7 Å². The smallest absolute Gasteiger partial charge is 0.231 e. The third-order valence-electron chi connectivity index (χ3n) is 3.52. The first-order valence-electron chi connectivity index (χ1n) is 6.89. The van der Waals surface area contributed by atoms with Crippen LogP contribution in [0.3, 0.4) is 0 Å². The number of benzene rings is 1. The molecule has 0 aromatic heterocycles. The van der Waals surface area contributed by atoms with Crippen LogP contribution in [0, 0.1) is 0 Å². The van der Waals surface area contributed by atoms with Crippen LogP contribution in [0.4, 0.5) is 0 Å². The lowest BCUT2D eigenvalue weighted by Gasteiger charge is -2.24. The van der Waals surface area contributed by atoms with Gasteiger partial charge in [-0.3, -0.25) is 4.99 Å². The van der Waals surface area contributed by atoms with Gasteiger partial charge in [0.2, 0.25) is 6.79 Å². The van der Waals surface area contributed by atoms with Crippen molar-refractivity contribution in [1.82, 2.24) is 10.2 Å². The summed E-state index contributed by atoms with van der Waals surface area (Å²) in [6.07, 6.45) is 4.08. The molecule has 2 aliphatic heterocycles. The zero-order valence-corrected chi connectivity index (χ0v) is 11.8. The average Bonchev–Trinajstić information content (AvgIpc) is 2.95. The molecule has 0 radical (unpaired) electrons. The first-order chi connectivity index (χ1) is 9.76. The zero-order valence-electron chi connectivity index (χ0n) is 11.8. The summed E-state index contributed by atoms with van der Waals surface area (Å²) < 4.78 is 10.7. The summed E-state index contributed by atoms with van der Waals surface area (Å²) in [5.41, 5.74) is 1.12. The van der Waals surface area contributed by atoms with Crippen LogP contribution in [-0.4, -0.2) is 30.7 Å². The molecule has 20 heavy (non-hydrogen) atoms. The summed E-state index contributed by atoms with van der Waals surface area (Å²) >= 11 is 0. The molecule has 1 aromatic carbocycles. The van der Waals surface area contributed by atoms with Crippen molar-refractivity contribution in [1.29, 1.82) is 0 Å². The molecule has 0 unspecified atom stereocenters. The highest BCUT2D eigenvalue weighted by molar-refractivity contribution is 5.93. The summed E-state index contributed by atoms with van der Waals surface area (Å²) in [7, 11) is 0. The van der Waals surface area contributed by atoms with Gasteiger partial charge in [-0.2, -0.15) is 0 Å². The molecule has 0 spiro atoms.